The molecule has 0 saturated carbocycles. The van der Waals surface area contributed by atoms with Crippen LogP contribution in [-0.4, -0.2) is 29.3 Å². The number of rotatable bonds is 3. The lowest BCUT2D eigenvalue weighted by Gasteiger charge is -2.23. The van der Waals surface area contributed by atoms with Crippen molar-refractivity contribution in [3.05, 3.63) is 51.2 Å². The highest BCUT2D eigenvalue weighted by molar-refractivity contribution is 7.12. The quantitative estimate of drug-likeness (QED) is 0.912. The average Bonchev–Trinajstić information content (AvgIpc) is 3.20. The number of nitrogens with zero attached hydrogens (tertiary/aromatic N) is 1. The molecule has 0 spiro atoms. The van der Waals surface area contributed by atoms with Crippen molar-refractivity contribution in [1.82, 2.24) is 4.90 Å². The Morgan fingerprint density at radius 1 is 1.35 bits per heavy atom. The zero-order chi connectivity index (χ0) is 16.4. The molecule has 1 aromatic heterocycles. The molecule has 3 rings (SSSR count). The number of carbonyl (C=O) groups excluding carboxylic acids is 2. The number of anilines is 1. The third-order valence-corrected chi connectivity index (χ3v) is 5.10. The van der Waals surface area contributed by atoms with E-state index in [0.717, 1.165) is 12.0 Å². The van der Waals surface area contributed by atoms with Gasteiger partial charge in [0.15, 0.2) is 0 Å². The summed E-state index contributed by atoms with van der Waals surface area (Å²) in [5, 5.41) is 5.35. The van der Waals surface area contributed by atoms with Crippen molar-refractivity contribution in [1.29, 1.82) is 0 Å². The number of hydrogen-bond acceptors (Lipinski definition) is 3. The van der Waals surface area contributed by atoms with Gasteiger partial charge in [0.25, 0.3) is 5.91 Å². The van der Waals surface area contributed by atoms with E-state index in [1.165, 1.54) is 11.3 Å². The summed E-state index contributed by atoms with van der Waals surface area (Å²) in [5.41, 5.74) is 1.63. The molecule has 4 nitrogen and oxygen atoms in total. The minimum Gasteiger partial charge on any atom is -0.326 e. The molecule has 2 amide bonds. The second-order valence-corrected chi connectivity index (χ2v) is 6.97. The summed E-state index contributed by atoms with van der Waals surface area (Å²) in [6.45, 7) is 2.53. The fourth-order valence-electron chi connectivity index (χ4n) is 2.77. The Bertz CT molecular complexity index is 730. The number of carbonyl (C=O) groups is 2. The Labute approximate surface area is 144 Å². The van der Waals surface area contributed by atoms with Crippen molar-refractivity contribution in [3.8, 4) is 0 Å². The SMILES string of the molecule is Cc1ccc(Cl)cc1NC(=O)[C@@H]1CCCN1C(=O)c1cccs1. The smallest absolute Gasteiger partial charge is 0.264 e. The maximum absolute atomic E-state index is 12.6. The molecule has 2 aromatic rings. The lowest BCUT2D eigenvalue weighted by atomic mass is 10.1. The molecule has 6 heteroatoms. The zero-order valence-electron chi connectivity index (χ0n) is 12.7. The van der Waals surface area contributed by atoms with Crippen LogP contribution in [0.1, 0.15) is 28.1 Å². The van der Waals surface area contributed by atoms with E-state index in [0.29, 0.717) is 28.6 Å². The van der Waals surface area contributed by atoms with Crippen LogP contribution in [0.25, 0.3) is 0 Å². The van der Waals surface area contributed by atoms with Crippen molar-refractivity contribution < 1.29 is 9.59 Å². The first-order valence-corrected chi connectivity index (χ1v) is 8.73. The number of likely N-dealkylation sites (tertiary alicyclic amines) is 1. The van der Waals surface area contributed by atoms with E-state index in [1.807, 2.05) is 24.4 Å². The summed E-state index contributed by atoms with van der Waals surface area (Å²) in [6, 6.07) is 8.59. The fourth-order valence-corrected chi connectivity index (χ4v) is 3.62. The normalized spacial score (nSPS) is 17.3. The number of thiophene rings is 1. The summed E-state index contributed by atoms with van der Waals surface area (Å²) >= 11 is 7.39. The summed E-state index contributed by atoms with van der Waals surface area (Å²) in [4.78, 5) is 27.5. The molecule has 1 aliphatic heterocycles. The molecule has 0 unspecified atom stereocenters. The molecule has 2 heterocycles. The first-order valence-electron chi connectivity index (χ1n) is 7.48. The van der Waals surface area contributed by atoms with Crippen LogP contribution in [0.5, 0.6) is 0 Å². The van der Waals surface area contributed by atoms with E-state index >= 15 is 0 Å². The third kappa shape index (κ3) is 3.41. The van der Waals surface area contributed by atoms with E-state index in [4.69, 9.17) is 11.6 Å². The van der Waals surface area contributed by atoms with Gasteiger partial charge in [0, 0.05) is 17.3 Å². The fraction of sp³-hybridized carbons (Fsp3) is 0.294. The molecule has 23 heavy (non-hydrogen) atoms. The van der Waals surface area contributed by atoms with Gasteiger partial charge in [0.1, 0.15) is 6.04 Å². The third-order valence-electron chi connectivity index (χ3n) is 4.01. The molecular weight excluding hydrogens is 332 g/mol. The van der Waals surface area contributed by atoms with Crippen LogP contribution in [0.4, 0.5) is 5.69 Å². The predicted octanol–water partition coefficient (Wildman–Crippen LogP) is 3.95. The number of aryl methyl sites for hydroxylation is 1. The maximum atomic E-state index is 12.6. The average molecular weight is 349 g/mol. The van der Waals surface area contributed by atoms with E-state index in [1.54, 1.807) is 23.1 Å². The summed E-state index contributed by atoms with van der Waals surface area (Å²) in [5.74, 6) is -0.224. The Morgan fingerprint density at radius 2 is 2.17 bits per heavy atom. The van der Waals surface area contributed by atoms with Crippen LogP contribution in [-0.2, 0) is 4.79 Å². The van der Waals surface area contributed by atoms with Crippen LogP contribution < -0.4 is 5.32 Å². The number of benzene rings is 1. The van der Waals surface area contributed by atoms with Crippen LogP contribution >= 0.6 is 22.9 Å². The number of nitrogens with one attached hydrogen (secondary N) is 1. The Morgan fingerprint density at radius 3 is 2.91 bits per heavy atom. The summed E-state index contributed by atoms with van der Waals surface area (Å²) < 4.78 is 0. The first kappa shape index (κ1) is 16.0. The molecule has 0 bridgehead atoms. The topological polar surface area (TPSA) is 49.4 Å². The number of hydrogen-bond donors (Lipinski definition) is 1. The highest BCUT2D eigenvalue weighted by Crippen LogP contribution is 2.25. The van der Waals surface area contributed by atoms with Gasteiger partial charge in [-0.2, -0.15) is 0 Å². The van der Waals surface area contributed by atoms with Crippen molar-refractivity contribution in [3.63, 3.8) is 0 Å². The summed E-state index contributed by atoms with van der Waals surface area (Å²) in [6.07, 6.45) is 1.52. The van der Waals surface area contributed by atoms with Gasteiger partial charge in [0.05, 0.1) is 4.88 Å². The van der Waals surface area contributed by atoms with Crippen molar-refractivity contribution in [2.75, 3.05) is 11.9 Å². The Balaban J connectivity index is 1.76. The molecular formula is C17H17ClN2O2S. The second kappa shape index (κ2) is 6.72. The van der Waals surface area contributed by atoms with Crippen molar-refractivity contribution in [2.45, 2.75) is 25.8 Å². The van der Waals surface area contributed by atoms with Gasteiger partial charge in [-0.1, -0.05) is 23.7 Å². The highest BCUT2D eigenvalue weighted by Gasteiger charge is 2.35. The maximum Gasteiger partial charge on any atom is 0.264 e. The number of halogens is 1. The van der Waals surface area contributed by atoms with Gasteiger partial charge in [0.2, 0.25) is 5.91 Å². The molecule has 120 valence electrons. The number of amides is 2. The Hall–Kier alpha value is -1.85. The molecule has 0 aliphatic carbocycles. The van der Waals surface area contributed by atoms with Crippen molar-refractivity contribution in [2.24, 2.45) is 0 Å². The lowest BCUT2D eigenvalue weighted by molar-refractivity contribution is -0.119. The van der Waals surface area contributed by atoms with Gasteiger partial charge < -0.3 is 10.2 Å². The molecule has 1 aliphatic rings. The molecule has 1 saturated heterocycles. The van der Waals surface area contributed by atoms with Gasteiger partial charge in [-0.05, 0) is 48.9 Å². The predicted molar refractivity (Wildman–Crippen MR) is 93.2 cm³/mol. The largest absolute Gasteiger partial charge is 0.326 e. The molecule has 1 atom stereocenters. The molecule has 1 aromatic carbocycles. The van der Waals surface area contributed by atoms with Gasteiger partial charge in [-0.25, -0.2) is 0 Å². The van der Waals surface area contributed by atoms with Crippen LogP contribution in [0.3, 0.4) is 0 Å². The van der Waals surface area contributed by atoms with Gasteiger partial charge in [-0.3, -0.25) is 9.59 Å². The van der Waals surface area contributed by atoms with Crippen molar-refractivity contribution >= 4 is 40.4 Å². The highest BCUT2D eigenvalue weighted by atomic mass is 35.5. The van der Waals surface area contributed by atoms with E-state index < -0.39 is 6.04 Å². The standard InChI is InChI=1S/C17H17ClN2O2S/c1-11-6-7-12(18)10-13(11)19-16(21)14-4-2-8-20(14)17(22)15-5-3-9-23-15/h3,5-7,9-10,14H,2,4,8H2,1H3,(H,19,21)/t14-/m0/s1. The van der Waals surface area contributed by atoms with E-state index in [2.05, 4.69) is 5.32 Å². The molecule has 1 fully saturated rings. The van der Waals surface area contributed by atoms with E-state index in [9.17, 15) is 9.59 Å². The minimum atomic E-state index is -0.428. The van der Waals surface area contributed by atoms with Gasteiger partial charge >= 0.3 is 0 Å². The van der Waals surface area contributed by atoms with E-state index in [-0.39, 0.29) is 11.8 Å². The molecule has 0 radical (unpaired) electrons. The van der Waals surface area contributed by atoms with Crippen LogP contribution in [0, 0.1) is 6.92 Å². The summed E-state index contributed by atoms with van der Waals surface area (Å²) in [7, 11) is 0. The van der Waals surface area contributed by atoms with Crippen LogP contribution in [0.15, 0.2) is 35.7 Å². The van der Waals surface area contributed by atoms with Gasteiger partial charge in [-0.15, -0.1) is 11.3 Å². The monoisotopic (exact) mass is 348 g/mol. The Kier molecular flexibility index (Phi) is 4.68. The zero-order valence-corrected chi connectivity index (χ0v) is 14.3. The first-order chi connectivity index (χ1) is 11.1. The second-order valence-electron chi connectivity index (χ2n) is 5.58. The minimum absolute atomic E-state index is 0.0690. The lowest BCUT2D eigenvalue weighted by Crippen LogP contribution is -2.43. The van der Waals surface area contributed by atoms with Crippen LogP contribution in [0.2, 0.25) is 5.02 Å². The molecule has 1 N–H and O–H groups in total.